The smallest absolute Gasteiger partial charge is 0.337 e. The van der Waals surface area contributed by atoms with Gasteiger partial charge in [-0.2, -0.15) is 0 Å². The Morgan fingerprint density at radius 2 is 1.41 bits per heavy atom. The van der Waals surface area contributed by atoms with Crippen molar-refractivity contribution in [3.05, 3.63) is 89.5 Å². The molecule has 0 fully saturated rings. The fourth-order valence-electron chi connectivity index (χ4n) is 4.42. The minimum Gasteiger partial charge on any atom is -0.508 e. The summed E-state index contributed by atoms with van der Waals surface area (Å²) in [7, 11) is 0. The lowest BCUT2D eigenvalue weighted by Crippen LogP contribution is -2.51. The van der Waals surface area contributed by atoms with Gasteiger partial charge in [0.1, 0.15) is 11.5 Å². The van der Waals surface area contributed by atoms with Gasteiger partial charge in [0.2, 0.25) is 11.5 Å². The first-order valence-electron chi connectivity index (χ1n) is 10.9. The first-order chi connectivity index (χ1) is 16.1. The van der Waals surface area contributed by atoms with Gasteiger partial charge in [0.25, 0.3) is 0 Å². The molecular weight excluding hydrogens is 434 g/mol. The van der Waals surface area contributed by atoms with E-state index in [0.717, 1.165) is 0 Å². The van der Waals surface area contributed by atoms with Crippen molar-refractivity contribution < 1.29 is 30.0 Å². The van der Waals surface area contributed by atoms with E-state index < -0.39 is 17.5 Å². The number of anilines is 1. The number of phenols is 2. The number of phenolic OH excluding ortho intramolecular Hbond substituents is 2. The first-order valence-corrected chi connectivity index (χ1v) is 10.9. The molecule has 1 aliphatic rings. The second-order valence-electron chi connectivity index (χ2n) is 8.72. The van der Waals surface area contributed by atoms with Crippen molar-refractivity contribution in [1.29, 1.82) is 0 Å². The molecule has 0 aromatic heterocycles. The predicted molar refractivity (Wildman–Crippen MR) is 128 cm³/mol. The number of aliphatic hydroxyl groups is 1. The summed E-state index contributed by atoms with van der Waals surface area (Å²) in [5.74, 6) is -1.83. The Bertz CT molecular complexity index is 1280. The normalized spacial score (nSPS) is 18.1. The van der Waals surface area contributed by atoms with E-state index in [2.05, 4.69) is 0 Å². The van der Waals surface area contributed by atoms with Gasteiger partial charge in [0, 0.05) is 6.42 Å². The molecule has 1 aliphatic heterocycles. The van der Waals surface area contributed by atoms with Crippen LogP contribution in [0.5, 0.6) is 11.5 Å². The zero-order valence-corrected chi connectivity index (χ0v) is 18.8. The van der Waals surface area contributed by atoms with Crippen molar-refractivity contribution in [2.75, 3.05) is 4.90 Å². The van der Waals surface area contributed by atoms with Crippen molar-refractivity contribution in [1.82, 2.24) is 0 Å². The summed E-state index contributed by atoms with van der Waals surface area (Å²) in [6.07, 6.45) is 0.0446. The summed E-state index contributed by atoms with van der Waals surface area (Å²) in [6, 6.07) is 18.4. The maximum absolute atomic E-state index is 14.0. The molecule has 174 valence electrons. The van der Waals surface area contributed by atoms with E-state index in [-0.39, 0.29) is 40.7 Å². The lowest BCUT2D eigenvalue weighted by Gasteiger charge is -2.37. The number of carbonyl (C=O) groups is 2. The molecule has 0 aliphatic carbocycles. The summed E-state index contributed by atoms with van der Waals surface area (Å²) in [5, 5.41) is 41.5. The molecule has 0 saturated carbocycles. The topological polar surface area (TPSA) is 118 Å². The molecule has 0 saturated heterocycles. The van der Waals surface area contributed by atoms with Gasteiger partial charge in [-0.1, -0.05) is 38.1 Å². The number of hydrogen-bond acceptors (Lipinski definition) is 6. The van der Waals surface area contributed by atoms with E-state index in [4.69, 9.17) is 0 Å². The highest BCUT2D eigenvalue weighted by Gasteiger charge is 2.53. The SMILES string of the molecule is CC(C)CC1(O)C(=O)C(c2ccc(O)cc2)=C(c2ccc(O)cc2)N1c1ccccc1C(=O)O. The number of hydrogen-bond donors (Lipinski definition) is 4. The molecule has 3 aromatic rings. The van der Waals surface area contributed by atoms with Crippen LogP contribution in [-0.4, -0.2) is 37.9 Å². The van der Waals surface area contributed by atoms with Gasteiger partial charge < -0.3 is 25.3 Å². The lowest BCUT2D eigenvalue weighted by molar-refractivity contribution is -0.130. The minimum atomic E-state index is -2.06. The molecule has 4 N–H and O–H groups in total. The van der Waals surface area contributed by atoms with E-state index in [1.54, 1.807) is 42.5 Å². The maximum atomic E-state index is 14.0. The zero-order valence-electron chi connectivity index (χ0n) is 18.8. The van der Waals surface area contributed by atoms with Crippen molar-refractivity contribution in [2.24, 2.45) is 5.92 Å². The molecule has 0 bridgehead atoms. The van der Waals surface area contributed by atoms with Crippen molar-refractivity contribution in [3.8, 4) is 11.5 Å². The number of nitrogens with zero attached hydrogens (tertiary/aromatic N) is 1. The third kappa shape index (κ3) is 3.91. The van der Waals surface area contributed by atoms with E-state index in [1.807, 2.05) is 13.8 Å². The number of Topliss-reactive ketones (excluding diaryl/α,β-unsaturated/α-hetero) is 1. The Morgan fingerprint density at radius 1 is 0.882 bits per heavy atom. The quantitative estimate of drug-likeness (QED) is 0.429. The van der Waals surface area contributed by atoms with Gasteiger partial charge in [0.15, 0.2) is 0 Å². The molecule has 7 nitrogen and oxygen atoms in total. The van der Waals surface area contributed by atoms with Crippen LogP contribution >= 0.6 is 0 Å². The average molecular weight is 459 g/mol. The number of aromatic hydroxyl groups is 2. The molecule has 1 atom stereocenters. The molecule has 1 heterocycles. The van der Waals surface area contributed by atoms with E-state index >= 15 is 0 Å². The van der Waals surface area contributed by atoms with Crippen molar-refractivity contribution in [3.63, 3.8) is 0 Å². The molecule has 4 rings (SSSR count). The van der Waals surface area contributed by atoms with Crippen LogP contribution in [0, 0.1) is 5.92 Å². The van der Waals surface area contributed by atoms with Crippen LogP contribution < -0.4 is 4.90 Å². The molecule has 0 radical (unpaired) electrons. The number of benzene rings is 3. The third-order valence-corrected chi connectivity index (χ3v) is 5.79. The van der Waals surface area contributed by atoms with Gasteiger partial charge >= 0.3 is 5.97 Å². The van der Waals surface area contributed by atoms with Crippen LogP contribution in [0.25, 0.3) is 11.3 Å². The zero-order chi connectivity index (χ0) is 24.6. The number of carbonyl (C=O) groups excluding carboxylic acids is 1. The molecule has 3 aromatic carbocycles. The fourth-order valence-corrected chi connectivity index (χ4v) is 4.42. The van der Waals surface area contributed by atoms with E-state index in [9.17, 15) is 30.0 Å². The molecule has 1 unspecified atom stereocenters. The maximum Gasteiger partial charge on any atom is 0.337 e. The van der Waals surface area contributed by atoms with Crippen LogP contribution in [-0.2, 0) is 4.79 Å². The van der Waals surface area contributed by atoms with Crippen LogP contribution in [0.3, 0.4) is 0 Å². The predicted octanol–water partition coefficient (Wildman–Crippen LogP) is 4.49. The monoisotopic (exact) mass is 459 g/mol. The summed E-state index contributed by atoms with van der Waals surface area (Å²) in [5.41, 5.74) is -0.483. The van der Waals surface area contributed by atoms with Gasteiger partial charge in [0.05, 0.1) is 22.5 Å². The third-order valence-electron chi connectivity index (χ3n) is 5.79. The van der Waals surface area contributed by atoms with Crippen molar-refractivity contribution in [2.45, 2.75) is 26.0 Å². The number of carboxylic acids is 1. The highest BCUT2D eigenvalue weighted by molar-refractivity contribution is 6.37. The van der Waals surface area contributed by atoms with Gasteiger partial charge in [-0.05, 0) is 65.6 Å². The molecule has 34 heavy (non-hydrogen) atoms. The second-order valence-corrected chi connectivity index (χ2v) is 8.72. The number of para-hydroxylation sites is 1. The van der Waals surface area contributed by atoms with Gasteiger partial charge in [-0.25, -0.2) is 4.79 Å². The standard InChI is InChI=1S/C27H25NO6/c1-16(2)15-27(34)25(31)23(17-7-11-19(29)12-8-17)24(18-9-13-20(30)14-10-18)28(27)22-6-4-3-5-21(22)26(32)33/h3-14,16,29-30,34H,15H2,1-2H3,(H,32,33). The van der Waals surface area contributed by atoms with Crippen molar-refractivity contribution >= 4 is 28.7 Å². The number of carboxylic acid groups (broad SMARTS) is 1. The summed E-state index contributed by atoms with van der Waals surface area (Å²) in [6.45, 7) is 3.73. The number of ketones is 1. The van der Waals surface area contributed by atoms with Crippen LogP contribution in [0.4, 0.5) is 5.69 Å². The second kappa shape index (κ2) is 8.68. The Kier molecular flexibility index (Phi) is 5.89. The van der Waals surface area contributed by atoms with Crippen LogP contribution in [0.2, 0.25) is 0 Å². The Morgan fingerprint density at radius 3 is 1.94 bits per heavy atom. The Balaban J connectivity index is 2.10. The number of aromatic carboxylic acids is 1. The average Bonchev–Trinajstić information content (AvgIpc) is 3.01. The molecular formula is C27H25NO6. The van der Waals surface area contributed by atoms with Gasteiger partial charge in [-0.3, -0.25) is 4.79 Å². The number of rotatable bonds is 6. The summed E-state index contributed by atoms with van der Waals surface area (Å²) in [4.78, 5) is 27.5. The fraction of sp³-hybridized carbons (Fsp3) is 0.185. The van der Waals surface area contributed by atoms with Crippen LogP contribution in [0.1, 0.15) is 41.8 Å². The first kappa shape index (κ1) is 23.1. The summed E-state index contributed by atoms with van der Waals surface area (Å²) >= 11 is 0. The van der Waals surface area contributed by atoms with E-state index in [1.165, 1.54) is 35.2 Å². The highest BCUT2D eigenvalue weighted by atomic mass is 16.4. The summed E-state index contributed by atoms with van der Waals surface area (Å²) < 4.78 is 0. The lowest BCUT2D eigenvalue weighted by atomic mass is 9.91. The van der Waals surface area contributed by atoms with E-state index in [0.29, 0.717) is 16.8 Å². The highest BCUT2D eigenvalue weighted by Crippen LogP contribution is 2.49. The Hall–Kier alpha value is -4.10. The molecule has 7 heteroatoms. The Labute approximate surface area is 196 Å². The molecule has 0 spiro atoms. The van der Waals surface area contributed by atoms with Crippen LogP contribution in [0.15, 0.2) is 72.8 Å². The molecule has 0 amide bonds. The minimum absolute atomic E-state index is 0.0199. The largest absolute Gasteiger partial charge is 0.508 e. The van der Waals surface area contributed by atoms with Gasteiger partial charge in [-0.15, -0.1) is 0 Å².